The van der Waals surface area contributed by atoms with Crippen LogP contribution in [0, 0.1) is 0 Å². The van der Waals surface area contributed by atoms with Gasteiger partial charge in [-0.1, -0.05) is 62.4 Å². The van der Waals surface area contributed by atoms with Gasteiger partial charge in [-0.15, -0.1) is 0 Å². The fourth-order valence-electron chi connectivity index (χ4n) is 4.21. The Morgan fingerprint density at radius 1 is 1.21 bits per heavy atom. The molecule has 0 radical (unpaired) electrons. The van der Waals surface area contributed by atoms with Gasteiger partial charge in [0.05, 0.1) is 23.5 Å². The zero-order chi connectivity index (χ0) is 20.4. The van der Waals surface area contributed by atoms with Gasteiger partial charge in [0.1, 0.15) is 0 Å². The van der Waals surface area contributed by atoms with Crippen molar-refractivity contribution < 1.29 is 4.79 Å². The van der Waals surface area contributed by atoms with Gasteiger partial charge < -0.3 is 5.32 Å². The van der Waals surface area contributed by atoms with Crippen molar-refractivity contribution in [3.63, 3.8) is 0 Å². The molecule has 4 heteroatoms. The van der Waals surface area contributed by atoms with Crippen LogP contribution >= 0.6 is 0 Å². The van der Waals surface area contributed by atoms with E-state index in [4.69, 9.17) is 0 Å². The molecule has 1 amide bonds. The van der Waals surface area contributed by atoms with Crippen LogP contribution in [0.1, 0.15) is 77.0 Å². The van der Waals surface area contributed by atoms with E-state index in [0.29, 0.717) is 17.9 Å². The van der Waals surface area contributed by atoms with E-state index in [1.165, 1.54) is 22.3 Å². The van der Waals surface area contributed by atoms with Gasteiger partial charge in [-0.3, -0.25) is 9.48 Å². The highest BCUT2D eigenvalue weighted by atomic mass is 16.1. The van der Waals surface area contributed by atoms with E-state index in [2.05, 4.69) is 54.6 Å². The number of amides is 1. The van der Waals surface area contributed by atoms with E-state index >= 15 is 0 Å². The van der Waals surface area contributed by atoms with E-state index in [9.17, 15) is 4.79 Å². The Kier molecular flexibility index (Phi) is 5.52. The number of aromatic nitrogens is 2. The molecule has 0 spiro atoms. The number of carbonyl (C=O) groups is 1. The van der Waals surface area contributed by atoms with Crippen molar-refractivity contribution in [1.82, 2.24) is 15.1 Å². The SMILES string of the molecule is CC(C)c1ccc2c(c1)[C@H](NC(=O)c1cnn(C)c1Cc1ccccc1)CCC2. The average Bonchev–Trinajstić information content (AvgIpc) is 3.09. The van der Waals surface area contributed by atoms with Gasteiger partial charge in [-0.05, 0) is 47.4 Å². The molecule has 1 heterocycles. The van der Waals surface area contributed by atoms with Crippen molar-refractivity contribution in [2.24, 2.45) is 7.05 Å². The molecule has 4 rings (SSSR count). The molecule has 4 nitrogen and oxygen atoms in total. The Hall–Kier alpha value is -2.88. The molecule has 1 N–H and O–H groups in total. The van der Waals surface area contributed by atoms with Crippen molar-refractivity contribution in [3.8, 4) is 0 Å². The summed E-state index contributed by atoms with van der Waals surface area (Å²) in [4.78, 5) is 13.2. The first-order valence-corrected chi connectivity index (χ1v) is 10.5. The number of benzene rings is 2. The molecule has 1 atom stereocenters. The summed E-state index contributed by atoms with van der Waals surface area (Å²) in [6, 6.07) is 17.0. The van der Waals surface area contributed by atoms with Crippen LogP contribution in [-0.2, 0) is 19.9 Å². The Morgan fingerprint density at radius 3 is 2.76 bits per heavy atom. The highest BCUT2D eigenvalue weighted by molar-refractivity contribution is 5.95. The minimum absolute atomic E-state index is 0.0307. The standard InChI is InChI=1S/C25H29N3O/c1-17(2)20-13-12-19-10-7-11-23(21(19)15-20)27-25(29)22-16-26-28(3)24(22)14-18-8-5-4-6-9-18/h4-6,8-9,12-13,15-17,23H,7,10-11,14H2,1-3H3,(H,27,29)/t23-/m1/s1. The fourth-order valence-corrected chi connectivity index (χ4v) is 4.21. The number of nitrogens with one attached hydrogen (secondary N) is 1. The molecule has 29 heavy (non-hydrogen) atoms. The smallest absolute Gasteiger partial charge is 0.255 e. The summed E-state index contributed by atoms with van der Waals surface area (Å²) in [7, 11) is 1.90. The zero-order valence-corrected chi connectivity index (χ0v) is 17.5. The summed E-state index contributed by atoms with van der Waals surface area (Å²) >= 11 is 0. The van der Waals surface area contributed by atoms with Gasteiger partial charge in [0.25, 0.3) is 5.91 Å². The summed E-state index contributed by atoms with van der Waals surface area (Å²) in [5, 5.41) is 7.67. The average molecular weight is 388 g/mol. The lowest BCUT2D eigenvalue weighted by Crippen LogP contribution is -2.31. The van der Waals surface area contributed by atoms with Crippen LogP contribution in [0.3, 0.4) is 0 Å². The summed E-state index contributed by atoms with van der Waals surface area (Å²) in [5.41, 5.74) is 6.76. The van der Waals surface area contributed by atoms with Crippen molar-refractivity contribution in [1.29, 1.82) is 0 Å². The Balaban J connectivity index is 1.58. The second-order valence-corrected chi connectivity index (χ2v) is 8.32. The van der Waals surface area contributed by atoms with Crippen molar-refractivity contribution in [2.75, 3.05) is 0 Å². The molecule has 0 saturated heterocycles. The second kappa shape index (κ2) is 8.24. The van der Waals surface area contributed by atoms with Gasteiger partial charge in [-0.25, -0.2) is 0 Å². The van der Waals surface area contributed by atoms with E-state index < -0.39 is 0 Å². The minimum Gasteiger partial charge on any atom is -0.345 e. The number of rotatable bonds is 5. The molecule has 0 saturated carbocycles. The quantitative estimate of drug-likeness (QED) is 0.674. The lowest BCUT2D eigenvalue weighted by atomic mass is 9.85. The van der Waals surface area contributed by atoms with Crippen molar-refractivity contribution in [2.45, 2.75) is 51.5 Å². The lowest BCUT2D eigenvalue weighted by Gasteiger charge is -2.27. The first-order valence-electron chi connectivity index (χ1n) is 10.5. The molecule has 1 aliphatic carbocycles. The van der Waals surface area contributed by atoms with Crippen LogP contribution in [0.4, 0.5) is 0 Å². The third kappa shape index (κ3) is 4.12. The summed E-state index contributed by atoms with van der Waals surface area (Å²) in [5.74, 6) is 0.450. The predicted molar refractivity (Wildman–Crippen MR) is 116 cm³/mol. The molecule has 0 unspecified atom stereocenters. The van der Waals surface area contributed by atoms with Gasteiger partial charge in [0.2, 0.25) is 0 Å². The molecule has 3 aromatic rings. The minimum atomic E-state index is -0.0307. The number of hydrogen-bond acceptors (Lipinski definition) is 2. The Morgan fingerprint density at radius 2 is 2.00 bits per heavy atom. The topological polar surface area (TPSA) is 46.9 Å². The highest BCUT2D eigenvalue weighted by Gasteiger charge is 2.25. The van der Waals surface area contributed by atoms with Crippen LogP contribution in [0.15, 0.2) is 54.7 Å². The zero-order valence-electron chi connectivity index (χ0n) is 17.5. The van der Waals surface area contributed by atoms with Gasteiger partial charge in [-0.2, -0.15) is 5.10 Å². The first kappa shape index (κ1) is 19.4. The Bertz CT molecular complexity index is 1000. The second-order valence-electron chi connectivity index (χ2n) is 8.32. The maximum Gasteiger partial charge on any atom is 0.255 e. The van der Waals surface area contributed by atoms with Crippen LogP contribution < -0.4 is 5.32 Å². The molecular weight excluding hydrogens is 358 g/mol. The van der Waals surface area contributed by atoms with Crippen LogP contribution in [0.5, 0.6) is 0 Å². The van der Waals surface area contributed by atoms with Crippen molar-refractivity contribution in [3.05, 3.63) is 88.2 Å². The number of fused-ring (bicyclic) bond motifs is 1. The third-order valence-corrected chi connectivity index (χ3v) is 5.98. The maximum atomic E-state index is 13.2. The first-order chi connectivity index (χ1) is 14.0. The molecule has 1 aliphatic rings. The van der Waals surface area contributed by atoms with Gasteiger partial charge in [0.15, 0.2) is 0 Å². The van der Waals surface area contributed by atoms with E-state index in [0.717, 1.165) is 25.0 Å². The highest BCUT2D eigenvalue weighted by Crippen LogP contribution is 2.32. The number of hydrogen-bond donors (Lipinski definition) is 1. The van der Waals surface area contributed by atoms with Crippen LogP contribution in [0.25, 0.3) is 0 Å². The third-order valence-electron chi connectivity index (χ3n) is 5.98. The molecule has 0 bridgehead atoms. The molecule has 2 aromatic carbocycles. The molecule has 1 aromatic heterocycles. The van der Waals surface area contributed by atoms with E-state index in [1.807, 2.05) is 29.9 Å². The predicted octanol–water partition coefficient (Wildman–Crippen LogP) is 4.94. The summed E-state index contributed by atoms with van der Waals surface area (Å²) in [6.45, 7) is 4.42. The van der Waals surface area contributed by atoms with E-state index in [1.54, 1.807) is 6.20 Å². The van der Waals surface area contributed by atoms with Gasteiger partial charge in [0, 0.05) is 13.5 Å². The monoisotopic (exact) mass is 387 g/mol. The largest absolute Gasteiger partial charge is 0.345 e. The van der Waals surface area contributed by atoms with Gasteiger partial charge >= 0.3 is 0 Å². The Labute approximate surface area is 173 Å². The lowest BCUT2D eigenvalue weighted by molar-refractivity contribution is 0.0931. The van der Waals surface area contributed by atoms with Crippen LogP contribution in [-0.4, -0.2) is 15.7 Å². The fraction of sp³-hybridized carbons (Fsp3) is 0.360. The number of nitrogens with zero attached hydrogens (tertiary/aromatic N) is 2. The molecular formula is C25H29N3O. The summed E-state index contributed by atoms with van der Waals surface area (Å²) < 4.78 is 1.81. The number of aryl methyl sites for hydroxylation is 2. The normalized spacial score (nSPS) is 15.9. The number of carbonyl (C=O) groups excluding carboxylic acids is 1. The van der Waals surface area contributed by atoms with Crippen molar-refractivity contribution >= 4 is 5.91 Å². The molecule has 0 fully saturated rings. The summed E-state index contributed by atoms with van der Waals surface area (Å²) in [6.07, 6.45) is 5.56. The van der Waals surface area contributed by atoms with E-state index in [-0.39, 0.29) is 11.9 Å². The maximum absolute atomic E-state index is 13.2. The van der Waals surface area contributed by atoms with Crippen LogP contribution in [0.2, 0.25) is 0 Å². The molecule has 0 aliphatic heterocycles. The molecule has 150 valence electrons.